The van der Waals surface area contributed by atoms with E-state index in [-0.39, 0.29) is 0 Å². The molecule has 0 saturated heterocycles. The molecule has 2 rings (SSSR count). The Morgan fingerprint density at radius 3 is 1.09 bits per heavy atom. The Morgan fingerprint density at radius 1 is 0.636 bits per heavy atom. The zero-order valence-electron chi connectivity index (χ0n) is 5.38. The Hall–Kier alpha value is -0.320. The molecule has 64 valence electrons. The van der Waals surface area contributed by atoms with E-state index < -0.39 is 36.9 Å². The number of ether oxygens (including phenoxy) is 1. The van der Waals surface area contributed by atoms with Crippen molar-refractivity contribution in [1.29, 1.82) is 0 Å². The molecule has 0 spiro atoms. The van der Waals surface area contributed by atoms with Gasteiger partial charge < -0.3 is 4.74 Å². The molecule has 1 nitrogen and oxygen atoms in total. The largest absolute Gasteiger partial charge is 0.362 e. The van der Waals surface area contributed by atoms with Crippen LogP contribution < -0.4 is 0 Å². The van der Waals surface area contributed by atoms with Gasteiger partial charge in [-0.05, 0) is 0 Å². The zero-order chi connectivity index (χ0) is 8.17. The van der Waals surface area contributed by atoms with E-state index in [9.17, 15) is 17.6 Å². The summed E-state index contributed by atoms with van der Waals surface area (Å²) < 4.78 is 52.7. The van der Waals surface area contributed by atoms with Crippen molar-refractivity contribution in [2.75, 3.05) is 0 Å². The van der Waals surface area contributed by atoms with Crippen molar-refractivity contribution in [3.8, 4) is 0 Å². The Bertz CT molecular complexity index is 142. The Morgan fingerprint density at radius 2 is 0.909 bits per heavy atom. The fourth-order valence-corrected chi connectivity index (χ4v) is 0.914. The van der Waals surface area contributed by atoms with Gasteiger partial charge in [-0.1, -0.05) is 0 Å². The summed E-state index contributed by atoms with van der Waals surface area (Å²) in [4.78, 5) is 0. The minimum Gasteiger partial charge on any atom is -0.362 e. The van der Waals surface area contributed by atoms with Crippen molar-refractivity contribution in [2.24, 2.45) is 0 Å². The summed E-state index contributed by atoms with van der Waals surface area (Å²) in [7, 11) is 0. The molecule has 2 fully saturated rings. The Kier molecular flexibility index (Phi) is 1.39. The molecule has 2 aliphatic rings. The molecule has 2 aliphatic carbocycles. The predicted molar refractivity (Wildman–Crippen MR) is 28.2 cm³/mol. The van der Waals surface area contributed by atoms with Crippen molar-refractivity contribution >= 4 is 0 Å². The summed E-state index contributed by atoms with van der Waals surface area (Å²) in [5.41, 5.74) is 0. The third-order valence-corrected chi connectivity index (χ3v) is 1.90. The first kappa shape index (κ1) is 7.34. The maximum atomic E-state index is 12.1. The topological polar surface area (TPSA) is 9.23 Å². The molecule has 5 heteroatoms. The fraction of sp³-hybridized carbons (Fsp3) is 1.00. The first-order valence-electron chi connectivity index (χ1n) is 3.34. The highest BCUT2D eigenvalue weighted by Gasteiger charge is 2.62. The van der Waals surface area contributed by atoms with Gasteiger partial charge in [0.05, 0.1) is 0 Å². The molecule has 11 heavy (non-hydrogen) atoms. The van der Waals surface area contributed by atoms with Crippen molar-refractivity contribution in [3.05, 3.63) is 0 Å². The van der Waals surface area contributed by atoms with Crippen LogP contribution >= 0.6 is 0 Å². The summed E-state index contributed by atoms with van der Waals surface area (Å²) >= 11 is 0. The number of rotatable bonds is 2. The van der Waals surface area contributed by atoms with Crippen LogP contribution in [0.3, 0.4) is 0 Å². The molecule has 0 bridgehead atoms. The second kappa shape index (κ2) is 2.09. The number of halogens is 4. The fourth-order valence-electron chi connectivity index (χ4n) is 0.914. The van der Waals surface area contributed by atoms with Gasteiger partial charge in [0, 0.05) is 0 Å². The van der Waals surface area contributed by atoms with Crippen LogP contribution in [0.1, 0.15) is 0 Å². The summed E-state index contributed by atoms with van der Waals surface area (Å²) in [6, 6.07) is 0. The lowest BCUT2D eigenvalue weighted by molar-refractivity contribution is 0.0558. The van der Waals surface area contributed by atoms with Gasteiger partial charge in [0.2, 0.25) is 0 Å². The van der Waals surface area contributed by atoms with Crippen LogP contribution in [-0.2, 0) is 4.74 Å². The summed E-state index contributed by atoms with van der Waals surface area (Å²) in [5, 5.41) is 0. The average molecular weight is 170 g/mol. The molecule has 0 heterocycles. The quantitative estimate of drug-likeness (QED) is 0.564. The third-order valence-electron chi connectivity index (χ3n) is 1.90. The molecular formula is C6H6F4O. The Labute approximate surface area is 60.3 Å². The van der Waals surface area contributed by atoms with E-state index in [0.29, 0.717) is 0 Å². The molecule has 2 saturated carbocycles. The van der Waals surface area contributed by atoms with Crippen molar-refractivity contribution < 1.29 is 22.3 Å². The van der Waals surface area contributed by atoms with Crippen molar-refractivity contribution in [3.63, 3.8) is 0 Å². The predicted octanol–water partition coefficient (Wildman–Crippen LogP) is 1.12. The van der Waals surface area contributed by atoms with Gasteiger partial charge in [-0.25, -0.2) is 17.6 Å². The van der Waals surface area contributed by atoms with E-state index in [1.165, 1.54) is 0 Å². The molecule has 0 aromatic heterocycles. The molecule has 0 aliphatic heterocycles. The number of alkyl halides is 4. The van der Waals surface area contributed by atoms with Gasteiger partial charge in [0.1, 0.15) is 12.2 Å². The zero-order valence-corrected chi connectivity index (χ0v) is 5.38. The maximum absolute atomic E-state index is 12.1. The summed E-state index contributed by atoms with van der Waals surface area (Å²) in [5.74, 6) is 0. The van der Waals surface area contributed by atoms with E-state index in [0.717, 1.165) is 0 Å². The lowest BCUT2D eigenvalue weighted by atomic mass is 10.7. The van der Waals surface area contributed by atoms with Crippen LogP contribution in [0.15, 0.2) is 0 Å². The minimum atomic E-state index is -1.69. The summed E-state index contributed by atoms with van der Waals surface area (Å²) in [6.45, 7) is 0. The molecule has 0 aromatic rings. The van der Waals surface area contributed by atoms with Crippen molar-refractivity contribution in [1.82, 2.24) is 0 Å². The SMILES string of the molecule is FC1C(F)C1OC1C(F)C1F. The van der Waals surface area contributed by atoms with E-state index >= 15 is 0 Å². The lowest BCUT2D eigenvalue weighted by Crippen LogP contribution is -2.04. The summed E-state index contributed by atoms with van der Waals surface area (Å²) in [6.07, 6.45) is -9.19. The Balaban J connectivity index is 1.77. The van der Waals surface area contributed by atoms with Gasteiger partial charge >= 0.3 is 0 Å². The second-order valence-corrected chi connectivity index (χ2v) is 2.84. The first-order chi connectivity index (χ1) is 5.13. The van der Waals surface area contributed by atoms with Gasteiger partial charge in [-0.3, -0.25) is 0 Å². The van der Waals surface area contributed by atoms with Crippen LogP contribution in [0.25, 0.3) is 0 Å². The highest BCUT2D eigenvalue weighted by molar-refractivity contribution is 5.08. The standard InChI is InChI=1S/C6H6F4O/c7-1-2(8)5(1)11-6-3(9)4(6)10/h1-6H. The number of hydrogen-bond acceptors (Lipinski definition) is 1. The van der Waals surface area contributed by atoms with Gasteiger partial charge in [0.15, 0.2) is 24.7 Å². The maximum Gasteiger partial charge on any atom is 0.163 e. The number of hydrogen-bond donors (Lipinski definition) is 0. The average Bonchev–Trinajstić information content (AvgIpc) is 2.72. The molecular weight excluding hydrogens is 164 g/mol. The van der Waals surface area contributed by atoms with Gasteiger partial charge in [-0.2, -0.15) is 0 Å². The van der Waals surface area contributed by atoms with E-state index in [1.54, 1.807) is 0 Å². The molecule has 0 radical (unpaired) electrons. The third kappa shape index (κ3) is 1.02. The highest BCUT2D eigenvalue weighted by Crippen LogP contribution is 2.41. The van der Waals surface area contributed by atoms with Crippen LogP contribution in [0.5, 0.6) is 0 Å². The molecule has 4 unspecified atom stereocenters. The van der Waals surface area contributed by atoms with Gasteiger partial charge in [0.25, 0.3) is 0 Å². The first-order valence-corrected chi connectivity index (χ1v) is 3.34. The molecule has 4 atom stereocenters. The van der Waals surface area contributed by atoms with Crippen LogP contribution in [0, 0.1) is 0 Å². The molecule has 0 N–H and O–H groups in total. The van der Waals surface area contributed by atoms with E-state index in [1.807, 2.05) is 0 Å². The normalized spacial score (nSPS) is 61.1. The molecule has 0 amide bonds. The van der Waals surface area contributed by atoms with Crippen LogP contribution in [0.4, 0.5) is 17.6 Å². The second-order valence-electron chi connectivity index (χ2n) is 2.84. The van der Waals surface area contributed by atoms with Crippen LogP contribution in [-0.4, -0.2) is 36.9 Å². The highest BCUT2D eigenvalue weighted by atomic mass is 19.2. The van der Waals surface area contributed by atoms with Crippen molar-refractivity contribution in [2.45, 2.75) is 36.9 Å². The smallest absolute Gasteiger partial charge is 0.163 e. The van der Waals surface area contributed by atoms with Crippen LogP contribution in [0.2, 0.25) is 0 Å². The monoisotopic (exact) mass is 170 g/mol. The molecule has 0 aromatic carbocycles. The van der Waals surface area contributed by atoms with E-state index in [2.05, 4.69) is 4.74 Å². The lowest BCUT2D eigenvalue weighted by Gasteiger charge is -1.94. The van der Waals surface area contributed by atoms with Gasteiger partial charge in [-0.15, -0.1) is 0 Å². The van der Waals surface area contributed by atoms with E-state index in [4.69, 9.17) is 0 Å². The minimum absolute atomic E-state index is 1.22.